The molecule has 2 aromatic rings. The standard InChI is InChI=1S/C26H40N7O20P3S.C5H6O4/c1-26(2,21(40)24(41)29-4-3-15(35)28-5-6-57-17(38)8-13(34)7-16(36)37)10-50-56(47,48)53-55(45,46)49-9-14-20(52-54(42,43)44)19(39)25(51-14)33-12-32-18-22(27)30-11-31-23(18)33;6-2-1-4(7)3-5(8)9/h11-12,14,19-21,25,39-40H,3-10H2,1-2H3,(H,28,35)(H,29,41)(H,36,37)(H,45,46)(H,47,48)(H2,27,30,31)(H2,42,43,44);2H,1,3H2,(H,8,9)/t14-,19-,20-,21?,25-;/m1./s1. The number of hydrogen-bond acceptors (Lipinski definition) is 23. The van der Waals surface area contributed by atoms with E-state index in [0.29, 0.717) is 18.0 Å². The molecular formula is C31H46N7O24P3S. The van der Waals surface area contributed by atoms with E-state index in [-0.39, 0.29) is 48.7 Å². The summed E-state index contributed by atoms with van der Waals surface area (Å²) >= 11 is 0.712. The SMILES string of the molecule is CC(C)(COP(=O)(O)OP(=O)(O)OC[C@H]1O[C@@H](n2cnc3c(N)ncnc32)[C@H](O)[C@@H]1OP(=O)(O)O)C(O)C(=O)NCCC(=O)NCCSC(=O)CC(=O)CC(=O)O.O=CCC(=O)CC(=O)O. The van der Waals surface area contributed by atoms with E-state index in [0.717, 1.165) is 17.2 Å². The number of ketones is 2. The Balaban J connectivity index is 0.00000150. The molecule has 3 unspecified atom stereocenters. The van der Waals surface area contributed by atoms with Crippen LogP contribution in [0.2, 0.25) is 0 Å². The third-order valence-electron chi connectivity index (χ3n) is 8.11. The highest BCUT2D eigenvalue weighted by atomic mass is 32.2. The summed E-state index contributed by atoms with van der Waals surface area (Å²) in [6.07, 6.45) is -9.02. The lowest BCUT2D eigenvalue weighted by molar-refractivity contribution is -0.142. The molecule has 1 aliphatic heterocycles. The number of phosphoric ester groups is 3. The number of carbonyl (C=O) groups excluding carboxylic acids is 6. The number of hydrogen-bond donors (Lipinski definition) is 11. The number of imidazole rings is 1. The smallest absolute Gasteiger partial charge is 0.481 e. The quantitative estimate of drug-likeness (QED) is 0.0194. The Bertz CT molecular complexity index is 2240. The van der Waals surface area contributed by atoms with Crippen molar-refractivity contribution in [1.82, 2.24) is 30.2 Å². The topological polar surface area (TPSA) is 489 Å². The van der Waals surface area contributed by atoms with Gasteiger partial charge in [-0.05, 0) is 0 Å². The van der Waals surface area contributed by atoms with E-state index in [4.69, 9.17) is 29.7 Å². The molecule has 3 rings (SSSR count). The van der Waals surface area contributed by atoms with Gasteiger partial charge in [0.2, 0.25) is 11.8 Å². The average molecular weight is 1030 g/mol. The fourth-order valence-corrected chi connectivity index (χ4v) is 8.60. The predicted molar refractivity (Wildman–Crippen MR) is 217 cm³/mol. The van der Waals surface area contributed by atoms with Crippen molar-refractivity contribution in [1.29, 1.82) is 0 Å². The molecule has 66 heavy (non-hydrogen) atoms. The Morgan fingerprint density at radius 1 is 0.939 bits per heavy atom. The van der Waals surface area contributed by atoms with Crippen molar-refractivity contribution in [2.75, 3.05) is 37.8 Å². The van der Waals surface area contributed by atoms with Gasteiger partial charge in [-0.2, -0.15) is 4.31 Å². The summed E-state index contributed by atoms with van der Waals surface area (Å²) in [5, 5.41) is 42.0. The van der Waals surface area contributed by atoms with Crippen LogP contribution in [-0.4, -0.2) is 163 Å². The first-order valence-corrected chi connectivity index (χ1v) is 23.9. The third-order valence-corrected chi connectivity index (χ3v) is 12.1. The number of nitrogens with one attached hydrogen (secondary N) is 2. The number of carboxylic acid groups (broad SMARTS) is 2. The highest BCUT2D eigenvalue weighted by Crippen LogP contribution is 2.61. The molecule has 35 heteroatoms. The number of nitrogens with zero attached hydrogens (tertiary/aromatic N) is 4. The molecule has 7 atom stereocenters. The van der Waals surface area contributed by atoms with Crippen LogP contribution in [0, 0.1) is 5.41 Å². The maximum absolute atomic E-state index is 12.7. The van der Waals surface area contributed by atoms with Gasteiger partial charge in [0.15, 0.2) is 34.4 Å². The maximum atomic E-state index is 12.7. The van der Waals surface area contributed by atoms with Gasteiger partial charge in [-0.15, -0.1) is 0 Å². The van der Waals surface area contributed by atoms with Gasteiger partial charge in [-0.25, -0.2) is 28.6 Å². The summed E-state index contributed by atoms with van der Waals surface area (Å²) in [5.41, 5.74) is 4.16. The number of nitrogens with two attached hydrogens (primary N) is 1. The van der Waals surface area contributed by atoms with Crippen LogP contribution in [0.1, 0.15) is 52.2 Å². The number of aromatic nitrogens is 4. The third kappa shape index (κ3) is 20.2. The highest BCUT2D eigenvalue weighted by molar-refractivity contribution is 8.13. The minimum atomic E-state index is -5.60. The number of rotatable bonds is 27. The van der Waals surface area contributed by atoms with Gasteiger partial charge in [-0.3, -0.25) is 51.7 Å². The summed E-state index contributed by atoms with van der Waals surface area (Å²) in [6, 6.07) is 0. The number of aliphatic hydroxyl groups is 2. The molecule has 1 saturated heterocycles. The number of aliphatic carboxylic acids is 2. The van der Waals surface area contributed by atoms with Crippen LogP contribution in [0.5, 0.6) is 0 Å². The number of ether oxygens (including phenoxy) is 1. The maximum Gasteiger partial charge on any atom is 0.481 e. The monoisotopic (exact) mass is 1030 g/mol. The molecule has 0 spiro atoms. The second-order valence-electron chi connectivity index (χ2n) is 14.1. The number of aliphatic hydroxyl groups excluding tert-OH is 2. The molecule has 0 bridgehead atoms. The Morgan fingerprint density at radius 2 is 1.56 bits per heavy atom. The summed E-state index contributed by atoms with van der Waals surface area (Å²) in [6.45, 7) is 0.0342. The highest BCUT2D eigenvalue weighted by Gasteiger charge is 2.50. The lowest BCUT2D eigenvalue weighted by Gasteiger charge is -2.30. The molecule has 0 saturated carbocycles. The van der Waals surface area contributed by atoms with Gasteiger partial charge in [0.05, 0.1) is 32.4 Å². The number of phosphoric acid groups is 3. The van der Waals surface area contributed by atoms with Crippen LogP contribution in [0.4, 0.5) is 5.82 Å². The second-order valence-corrected chi connectivity index (χ2v) is 19.4. The van der Waals surface area contributed by atoms with Crippen molar-refractivity contribution in [2.45, 2.75) is 76.6 Å². The molecule has 12 N–H and O–H groups in total. The van der Waals surface area contributed by atoms with Crippen LogP contribution in [-0.2, 0) is 74.7 Å². The van der Waals surface area contributed by atoms with Crippen LogP contribution >= 0.6 is 35.2 Å². The number of nitrogen functional groups attached to an aromatic ring is 1. The minimum Gasteiger partial charge on any atom is -0.481 e. The molecule has 0 radical (unpaired) electrons. The summed E-state index contributed by atoms with van der Waals surface area (Å²) in [5.74, 6) is -5.47. The molecule has 1 aliphatic rings. The van der Waals surface area contributed by atoms with Gasteiger partial charge < -0.3 is 65.9 Å². The first-order valence-electron chi connectivity index (χ1n) is 18.4. The molecule has 1 fully saturated rings. The van der Waals surface area contributed by atoms with Gasteiger partial charge in [0.1, 0.15) is 55.4 Å². The molecule has 370 valence electrons. The van der Waals surface area contributed by atoms with E-state index in [9.17, 15) is 81.8 Å². The number of carboxylic acids is 2. The number of fused-ring (bicyclic) bond motifs is 1. The lowest BCUT2D eigenvalue weighted by Crippen LogP contribution is -2.46. The average Bonchev–Trinajstić information content (AvgIpc) is 3.74. The van der Waals surface area contributed by atoms with Crippen molar-refractivity contribution >= 4 is 98.9 Å². The second kappa shape index (κ2) is 25.6. The van der Waals surface area contributed by atoms with E-state index in [1.807, 2.05) is 0 Å². The van der Waals surface area contributed by atoms with Crippen molar-refractivity contribution in [2.24, 2.45) is 5.41 Å². The van der Waals surface area contributed by atoms with Crippen molar-refractivity contribution < 1.29 is 115 Å². The van der Waals surface area contributed by atoms with Gasteiger partial charge in [-0.1, -0.05) is 25.6 Å². The molecule has 2 aromatic heterocycles. The van der Waals surface area contributed by atoms with Crippen LogP contribution < -0.4 is 16.4 Å². The minimum absolute atomic E-state index is 0.00174. The predicted octanol–water partition coefficient (Wildman–Crippen LogP) is -2.28. The van der Waals surface area contributed by atoms with Crippen LogP contribution in [0.3, 0.4) is 0 Å². The summed E-state index contributed by atoms with van der Waals surface area (Å²) < 4.78 is 61.9. The van der Waals surface area contributed by atoms with Crippen LogP contribution in [0.15, 0.2) is 12.7 Å². The van der Waals surface area contributed by atoms with E-state index in [1.165, 1.54) is 13.8 Å². The van der Waals surface area contributed by atoms with E-state index in [1.54, 1.807) is 0 Å². The molecule has 31 nitrogen and oxygen atoms in total. The summed E-state index contributed by atoms with van der Waals surface area (Å²) in [4.78, 5) is 138. The Hall–Kier alpha value is -4.49. The van der Waals surface area contributed by atoms with Crippen molar-refractivity contribution in [3.05, 3.63) is 12.7 Å². The molecule has 0 aromatic carbocycles. The number of amides is 2. The number of carbonyl (C=O) groups is 8. The number of thioether (sulfide) groups is 1. The van der Waals surface area contributed by atoms with E-state index < -0.39 is 132 Å². The largest absolute Gasteiger partial charge is 0.481 e. The number of Topliss-reactive ketones (excluding diaryl/α,β-unsaturated/α-hetero) is 2. The Labute approximate surface area is 375 Å². The first kappa shape index (κ1) is 57.6. The molecule has 2 amide bonds. The normalized spacial score (nSPS) is 19.6. The number of anilines is 1. The van der Waals surface area contributed by atoms with E-state index in [2.05, 4.69) is 34.4 Å². The lowest BCUT2D eigenvalue weighted by atomic mass is 9.87. The number of aldehydes is 1. The van der Waals surface area contributed by atoms with Gasteiger partial charge in [0, 0.05) is 30.7 Å². The molecule has 0 aliphatic carbocycles. The van der Waals surface area contributed by atoms with Crippen molar-refractivity contribution in [3.8, 4) is 0 Å². The zero-order valence-corrected chi connectivity index (χ0v) is 37.9. The van der Waals surface area contributed by atoms with Gasteiger partial charge >= 0.3 is 35.4 Å². The fraction of sp³-hybridized carbons (Fsp3) is 0.581. The Kier molecular flexibility index (Phi) is 22.3. The van der Waals surface area contributed by atoms with Gasteiger partial charge in [0.25, 0.3) is 0 Å². The van der Waals surface area contributed by atoms with Crippen LogP contribution in [0.25, 0.3) is 11.2 Å². The molecular weight excluding hydrogens is 979 g/mol. The Morgan fingerprint density at radius 3 is 2.17 bits per heavy atom. The van der Waals surface area contributed by atoms with Crippen molar-refractivity contribution in [3.63, 3.8) is 0 Å². The fourth-order valence-electron chi connectivity index (χ4n) is 5.07. The molecule has 3 heterocycles. The zero-order valence-electron chi connectivity index (χ0n) is 34.4. The summed E-state index contributed by atoms with van der Waals surface area (Å²) in [7, 11) is -16.5. The zero-order chi connectivity index (χ0) is 50.2. The first-order chi connectivity index (χ1) is 30.5. The van der Waals surface area contributed by atoms with E-state index >= 15 is 0 Å².